The van der Waals surface area contributed by atoms with Gasteiger partial charge in [0.05, 0.1) is 5.69 Å². The Labute approximate surface area is 278 Å². The van der Waals surface area contributed by atoms with Crippen molar-refractivity contribution in [2.45, 2.75) is 39.0 Å². The average molecular weight is 606 g/mol. The van der Waals surface area contributed by atoms with Crippen LogP contribution in [-0.2, 0) is 5.41 Å². The number of anilines is 3. The molecule has 0 aliphatic heterocycles. The Morgan fingerprint density at radius 2 is 1.11 bits per heavy atom. The summed E-state index contributed by atoms with van der Waals surface area (Å²) >= 11 is 0. The van der Waals surface area contributed by atoms with Gasteiger partial charge in [0.2, 0.25) is 0 Å². The van der Waals surface area contributed by atoms with Gasteiger partial charge in [-0.05, 0) is 91.5 Å². The van der Waals surface area contributed by atoms with Crippen molar-refractivity contribution in [3.63, 3.8) is 0 Å². The van der Waals surface area contributed by atoms with Crippen molar-refractivity contribution in [3.05, 3.63) is 174 Å². The molecule has 0 bridgehead atoms. The Kier molecular flexibility index (Phi) is 7.07. The van der Waals surface area contributed by atoms with Gasteiger partial charge in [0.1, 0.15) is 0 Å². The Morgan fingerprint density at radius 3 is 1.89 bits per heavy atom. The molecule has 0 N–H and O–H groups in total. The third-order valence-corrected chi connectivity index (χ3v) is 10.1. The molecule has 0 aromatic heterocycles. The lowest BCUT2D eigenvalue weighted by molar-refractivity contribution is 0.660. The van der Waals surface area contributed by atoms with Crippen molar-refractivity contribution in [2.24, 2.45) is 0 Å². The van der Waals surface area contributed by atoms with E-state index < -0.39 is 0 Å². The molecule has 0 amide bonds. The highest BCUT2D eigenvalue weighted by Gasteiger charge is 2.36. The summed E-state index contributed by atoms with van der Waals surface area (Å²) in [6, 6.07) is 58.1. The number of nitrogens with zero attached hydrogens (tertiary/aromatic N) is 1. The lowest BCUT2D eigenvalue weighted by Gasteiger charge is -2.31. The molecule has 0 radical (unpaired) electrons. The summed E-state index contributed by atoms with van der Waals surface area (Å²) in [4.78, 5) is 2.48. The molecule has 0 heterocycles. The van der Waals surface area contributed by atoms with Crippen LogP contribution < -0.4 is 4.90 Å². The molecule has 1 heteroatoms. The lowest BCUT2D eigenvalue weighted by atomic mass is 9.82. The van der Waals surface area contributed by atoms with E-state index in [1.165, 1.54) is 66.5 Å². The number of fused-ring (bicyclic) bond motifs is 4. The third-order valence-electron chi connectivity index (χ3n) is 10.1. The fourth-order valence-electron chi connectivity index (χ4n) is 7.65. The molecule has 228 valence electrons. The van der Waals surface area contributed by atoms with Crippen molar-refractivity contribution in [2.75, 3.05) is 4.90 Å². The highest BCUT2D eigenvalue weighted by atomic mass is 15.1. The quantitative estimate of drug-likeness (QED) is 0.182. The third kappa shape index (κ3) is 4.86. The zero-order valence-electron chi connectivity index (χ0n) is 27.5. The Hall–Kier alpha value is -5.40. The molecule has 0 atom stereocenters. The fraction of sp³-hybridized carbons (Fsp3) is 0.130. The number of hydrogen-bond acceptors (Lipinski definition) is 1. The van der Waals surface area contributed by atoms with E-state index in [0.29, 0.717) is 5.92 Å². The predicted molar refractivity (Wildman–Crippen MR) is 201 cm³/mol. The van der Waals surface area contributed by atoms with Crippen LogP contribution in [0.1, 0.15) is 50.3 Å². The molecular weight excluding hydrogens is 567 g/mol. The molecule has 0 saturated carbocycles. The van der Waals surface area contributed by atoms with Crippen LogP contribution in [0.25, 0.3) is 44.2 Å². The summed E-state index contributed by atoms with van der Waals surface area (Å²) in [5.41, 5.74) is 15.2. The van der Waals surface area contributed by atoms with Crippen molar-refractivity contribution in [1.29, 1.82) is 0 Å². The van der Waals surface area contributed by atoms with Crippen LogP contribution in [0, 0.1) is 0 Å². The highest BCUT2D eigenvalue weighted by Crippen LogP contribution is 2.52. The van der Waals surface area contributed by atoms with Gasteiger partial charge in [0, 0.05) is 22.4 Å². The normalized spacial score (nSPS) is 13.0. The molecule has 0 saturated heterocycles. The predicted octanol–water partition coefficient (Wildman–Crippen LogP) is 13.1. The van der Waals surface area contributed by atoms with Gasteiger partial charge in [-0.15, -0.1) is 0 Å². The Morgan fingerprint density at radius 1 is 0.489 bits per heavy atom. The number of rotatable bonds is 6. The van der Waals surface area contributed by atoms with Gasteiger partial charge in [0.25, 0.3) is 0 Å². The second-order valence-electron chi connectivity index (χ2n) is 13.6. The zero-order chi connectivity index (χ0) is 32.1. The van der Waals surface area contributed by atoms with E-state index in [-0.39, 0.29) is 5.41 Å². The molecule has 1 aliphatic carbocycles. The maximum Gasteiger partial charge on any atom is 0.0546 e. The van der Waals surface area contributed by atoms with Crippen molar-refractivity contribution < 1.29 is 0 Å². The summed E-state index contributed by atoms with van der Waals surface area (Å²) < 4.78 is 0. The maximum atomic E-state index is 2.48. The van der Waals surface area contributed by atoms with Gasteiger partial charge < -0.3 is 4.90 Å². The fourth-order valence-corrected chi connectivity index (χ4v) is 7.65. The molecule has 1 aliphatic rings. The van der Waals surface area contributed by atoms with Gasteiger partial charge in [-0.3, -0.25) is 0 Å². The molecule has 0 fully saturated rings. The van der Waals surface area contributed by atoms with Crippen molar-refractivity contribution in [3.8, 4) is 33.4 Å². The van der Waals surface area contributed by atoms with Crippen LogP contribution in [0.4, 0.5) is 17.1 Å². The molecule has 8 rings (SSSR count). The summed E-state index contributed by atoms with van der Waals surface area (Å²) in [5, 5.41) is 2.51. The average Bonchev–Trinajstić information content (AvgIpc) is 3.34. The van der Waals surface area contributed by atoms with Crippen LogP contribution in [-0.4, -0.2) is 0 Å². The van der Waals surface area contributed by atoms with Gasteiger partial charge in [-0.1, -0.05) is 155 Å². The van der Waals surface area contributed by atoms with Crippen molar-refractivity contribution in [1.82, 2.24) is 0 Å². The standard InChI is InChI=1S/C46H39N/c1-31(2)37-17-10-11-20-41(37)45-38-18-9-8-16-34(38)24-29-44(45)47(35-25-22-33(23-26-35)32-14-6-5-7-15-32)36-27-28-40-39-19-12-13-21-42(39)46(3,4)43(40)30-36/h5-31H,1-4H3. The smallest absolute Gasteiger partial charge is 0.0546 e. The summed E-state index contributed by atoms with van der Waals surface area (Å²) in [5.74, 6) is 0.385. The monoisotopic (exact) mass is 605 g/mol. The second kappa shape index (κ2) is 11.4. The first-order chi connectivity index (χ1) is 22.9. The molecular formula is C46H39N. The molecule has 7 aromatic rings. The van der Waals surface area contributed by atoms with Crippen LogP contribution in [0.2, 0.25) is 0 Å². The number of hydrogen-bond donors (Lipinski definition) is 0. The van der Waals surface area contributed by atoms with Crippen LogP contribution in [0.15, 0.2) is 158 Å². The molecule has 1 nitrogen and oxygen atoms in total. The van der Waals surface area contributed by atoms with E-state index in [9.17, 15) is 0 Å². The van der Waals surface area contributed by atoms with E-state index in [1.54, 1.807) is 0 Å². The van der Waals surface area contributed by atoms with Gasteiger partial charge in [-0.25, -0.2) is 0 Å². The first kappa shape index (κ1) is 29.0. The summed E-state index contributed by atoms with van der Waals surface area (Å²) in [6.45, 7) is 9.31. The van der Waals surface area contributed by atoms with Crippen LogP contribution in [0.3, 0.4) is 0 Å². The lowest BCUT2D eigenvalue weighted by Crippen LogP contribution is -2.17. The summed E-state index contributed by atoms with van der Waals surface area (Å²) in [7, 11) is 0. The largest absolute Gasteiger partial charge is 0.310 e. The minimum Gasteiger partial charge on any atom is -0.310 e. The SMILES string of the molecule is CC(C)c1ccccc1-c1c(N(c2ccc(-c3ccccc3)cc2)c2ccc3c(c2)C(C)(C)c2ccccc2-3)ccc2ccccc12. The first-order valence-corrected chi connectivity index (χ1v) is 16.7. The van der Waals surface area contributed by atoms with E-state index in [4.69, 9.17) is 0 Å². The molecule has 0 unspecified atom stereocenters. The molecule has 47 heavy (non-hydrogen) atoms. The zero-order valence-corrected chi connectivity index (χ0v) is 27.5. The van der Waals surface area contributed by atoms with Crippen LogP contribution >= 0.6 is 0 Å². The van der Waals surface area contributed by atoms with Gasteiger partial charge in [-0.2, -0.15) is 0 Å². The highest BCUT2D eigenvalue weighted by molar-refractivity contribution is 6.06. The maximum absolute atomic E-state index is 2.48. The van der Waals surface area contributed by atoms with Gasteiger partial charge >= 0.3 is 0 Å². The Bertz CT molecular complexity index is 2240. The number of benzene rings is 7. The van der Waals surface area contributed by atoms with E-state index in [0.717, 1.165) is 11.4 Å². The second-order valence-corrected chi connectivity index (χ2v) is 13.6. The minimum atomic E-state index is -0.0960. The van der Waals surface area contributed by atoms with Gasteiger partial charge in [0.15, 0.2) is 0 Å². The topological polar surface area (TPSA) is 3.24 Å². The minimum absolute atomic E-state index is 0.0960. The molecule has 0 spiro atoms. The van der Waals surface area contributed by atoms with Crippen LogP contribution in [0.5, 0.6) is 0 Å². The molecule has 7 aromatic carbocycles. The first-order valence-electron chi connectivity index (χ1n) is 16.7. The van der Waals surface area contributed by atoms with Crippen molar-refractivity contribution >= 4 is 27.8 Å². The summed E-state index contributed by atoms with van der Waals surface area (Å²) in [6.07, 6.45) is 0. The van der Waals surface area contributed by atoms with E-state index >= 15 is 0 Å². The van der Waals surface area contributed by atoms with E-state index in [2.05, 4.69) is 190 Å². The van der Waals surface area contributed by atoms with E-state index in [1.807, 2.05) is 0 Å². The Balaban J connectivity index is 1.40.